The first-order valence-corrected chi connectivity index (χ1v) is 10.6. The predicted molar refractivity (Wildman–Crippen MR) is 114 cm³/mol. The quantitative estimate of drug-likeness (QED) is 0.524. The topological polar surface area (TPSA) is 137 Å². The first-order valence-electron chi connectivity index (χ1n) is 9.65. The Balaban J connectivity index is 1.75. The molecule has 1 saturated heterocycles. The van der Waals surface area contributed by atoms with Gasteiger partial charge in [0, 0.05) is 54.2 Å². The molecule has 13 heteroatoms. The van der Waals surface area contributed by atoms with Gasteiger partial charge in [-0.25, -0.2) is 13.8 Å². The third-order valence-corrected chi connectivity index (χ3v) is 6.64. The number of amides is 1. The van der Waals surface area contributed by atoms with E-state index in [9.17, 15) is 29.4 Å². The fourth-order valence-electron chi connectivity index (χ4n) is 3.82. The normalized spacial score (nSPS) is 24.4. The SMILES string of the molecule is O=C(NC1=N[C@@]2(c3cc([N+](=O)[O-])ccc3F)COCC[C@@]2(F)CS1)c1cccc([N+](=O)[O-])c1. The highest BCUT2D eigenvalue weighted by atomic mass is 32.2. The number of hydrogen-bond donors (Lipinski definition) is 1. The van der Waals surface area contributed by atoms with Crippen LogP contribution in [-0.2, 0) is 10.3 Å². The molecule has 2 aromatic rings. The number of ether oxygens (including phenoxy) is 1. The van der Waals surface area contributed by atoms with Gasteiger partial charge in [0.1, 0.15) is 11.4 Å². The summed E-state index contributed by atoms with van der Waals surface area (Å²) >= 11 is 0.888. The van der Waals surface area contributed by atoms with Gasteiger partial charge in [-0.1, -0.05) is 17.8 Å². The number of rotatable bonds is 4. The number of alkyl halides is 1. The van der Waals surface area contributed by atoms with E-state index in [0.717, 1.165) is 36.0 Å². The number of amidine groups is 1. The molecule has 0 saturated carbocycles. The molecule has 0 aliphatic carbocycles. The first kappa shape index (κ1) is 22.7. The molecular formula is C20H16F2N4O6S. The third-order valence-electron chi connectivity index (χ3n) is 5.57. The lowest BCUT2D eigenvalue weighted by atomic mass is 9.74. The summed E-state index contributed by atoms with van der Waals surface area (Å²) in [5, 5.41) is 24.6. The van der Waals surface area contributed by atoms with Crippen LogP contribution in [0.3, 0.4) is 0 Å². The zero-order chi connectivity index (χ0) is 23.8. The van der Waals surface area contributed by atoms with E-state index in [1.54, 1.807) is 0 Å². The second-order valence-corrected chi connectivity index (χ2v) is 8.48. The van der Waals surface area contributed by atoms with E-state index in [2.05, 4.69) is 10.3 Å². The number of benzene rings is 2. The van der Waals surface area contributed by atoms with Gasteiger partial charge in [0.2, 0.25) is 0 Å². The molecule has 2 aliphatic heterocycles. The largest absolute Gasteiger partial charge is 0.378 e. The summed E-state index contributed by atoms with van der Waals surface area (Å²) in [6, 6.07) is 7.75. The summed E-state index contributed by atoms with van der Waals surface area (Å²) in [5.74, 6) is -1.84. The van der Waals surface area contributed by atoms with Gasteiger partial charge in [0.25, 0.3) is 17.3 Å². The molecule has 33 heavy (non-hydrogen) atoms. The van der Waals surface area contributed by atoms with Crippen LogP contribution in [0.1, 0.15) is 22.3 Å². The molecule has 1 fully saturated rings. The maximum absolute atomic E-state index is 16.1. The van der Waals surface area contributed by atoms with Crippen LogP contribution in [0.4, 0.5) is 20.2 Å². The fourth-order valence-corrected chi connectivity index (χ4v) is 4.95. The van der Waals surface area contributed by atoms with Gasteiger partial charge in [-0.3, -0.25) is 25.0 Å². The Morgan fingerprint density at radius 1 is 1.15 bits per heavy atom. The highest BCUT2D eigenvalue weighted by Crippen LogP contribution is 2.51. The summed E-state index contributed by atoms with van der Waals surface area (Å²) in [6.45, 7) is -0.335. The van der Waals surface area contributed by atoms with Gasteiger partial charge < -0.3 is 10.1 Å². The molecule has 2 heterocycles. The van der Waals surface area contributed by atoms with E-state index in [0.29, 0.717) is 0 Å². The number of nitrogens with zero attached hydrogens (tertiary/aromatic N) is 3. The van der Waals surface area contributed by atoms with Crippen LogP contribution in [0.25, 0.3) is 0 Å². The van der Waals surface area contributed by atoms with Gasteiger partial charge >= 0.3 is 0 Å². The molecule has 0 aromatic heterocycles. The molecule has 0 unspecified atom stereocenters. The molecule has 2 atom stereocenters. The number of carbonyl (C=O) groups excluding carboxylic acids is 1. The van der Waals surface area contributed by atoms with Crippen LogP contribution < -0.4 is 5.32 Å². The van der Waals surface area contributed by atoms with Gasteiger partial charge in [-0.05, 0) is 12.1 Å². The fraction of sp³-hybridized carbons (Fsp3) is 0.300. The van der Waals surface area contributed by atoms with Crippen LogP contribution in [0.15, 0.2) is 47.5 Å². The van der Waals surface area contributed by atoms with Gasteiger partial charge in [-0.2, -0.15) is 0 Å². The Labute approximate surface area is 189 Å². The Bertz CT molecular complexity index is 1190. The van der Waals surface area contributed by atoms with Crippen molar-refractivity contribution < 1.29 is 28.2 Å². The zero-order valence-electron chi connectivity index (χ0n) is 16.8. The predicted octanol–water partition coefficient (Wildman–Crippen LogP) is 3.50. The Kier molecular flexibility index (Phi) is 5.84. The summed E-state index contributed by atoms with van der Waals surface area (Å²) < 4.78 is 36.4. The second-order valence-electron chi connectivity index (χ2n) is 7.52. The van der Waals surface area contributed by atoms with Crippen molar-refractivity contribution in [1.29, 1.82) is 0 Å². The van der Waals surface area contributed by atoms with Crippen molar-refractivity contribution in [2.45, 2.75) is 17.6 Å². The highest BCUT2D eigenvalue weighted by molar-refractivity contribution is 8.14. The molecule has 2 aliphatic rings. The Hall–Kier alpha value is -3.45. The van der Waals surface area contributed by atoms with Crippen LogP contribution in [0, 0.1) is 26.0 Å². The number of halogens is 2. The van der Waals surface area contributed by atoms with Crippen molar-refractivity contribution in [2.24, 2.45) is 4.99 Å². The van der Waals surface area contributed by atoms with Crippen molar-refractivity contribution in [1.82, 2.24) is 5.32 Å². The minimum Gasteiger partial charge on any atom is -0.378 e. The number of thioether (sulfide) groups is 1. The molecule has 0 radical (unpaired) electrons. The number of non-ortho nitro benzene ring substituents is 2. The zero-order valence-corrected chi connectivity index (χ0v) is 17.6. The van der Waals surface area contributed by atoms with E-state index >= 15 is 4.39 Å². The monoisotopic (exact) mass is 478 g/mol. The number of carbonyl (C=O) groups is 1. The molecular weight excluding hydrogens is 462 g/mol. The number of hydrogen-bond acceptors (Lipinski definition) is 8. The van der Waals surface area contributed by atoms with E-state index in [4.69, 9.17) is 4.74 Å². The molecule has 2 aromatic carbocycles. The minimum absolute atomic E-state index is 0.0277. The maximum Gasteiger partial charge on any atom is 0.270 e. The number of fused-ring (bicyclic) bond motifs is 1. The lowest BCUT2D eigenvalue weighted by Crippen LogP contribution is -2.59. The molecule has 1 N–H and O–H groups in total. The standard InChI is InChI=1S/C20H16F2N4O6S/c21-16-5-4-14(26(30)31)9-15(16)20-10-32-7-6-19(20,22)11-33-18(24-20)23-17(27)12-2-1-3-13(8-12)25(28)29/h1-5,8-9H,6-7,10-11H2,(H,23,24,27)/t19-,20-/m1/s1. The van der Waals surface area contributed by atoms with E-state index in [1.807, 2.05) is 0 Å². The lowest BCUT2D eigenvalue weighted by Gasteiger charge is -2.48. The second kappa shape index (κ2) is 8.48. The van der Waals surface area contributed by atoms with Crippen molar-refractivity contribution in [2.75, 3.05) is 19.0 Å². The average molecular weight is 478 g/mol. The molecule has 4 rings (SSSR count). The maximum atomic E-state index is 16.1. The van der Waals surface area contributed by atoms with Gasteiger partial charge in [0.05, 0.1) is 16.5 Å². The van der Waals surface area contributed by atoms with E-state index < -0.39 is 45.1 Å². The lowest BCUT2D eigenvalue weighted by molar-refractivity contribution is -0.385. The van der Waals surface area contributed by atoms with Crippen LogP contribution >= 0.6 is 11.8 Å². The van der Waals surface area contributed by atoms with Crippen LogP contribution in [0.5, 0.6) is 0 Å². The van der Waals surface area contributed by atoms with E-state index in [-0.39, 0.29) is 40.8 Å². The van der Waals surface area contributed by atoms with Crippen molar-refractivity contribution in [3.05, 3.63) is 79.6 Å². The van der Waals surface area contributed by atoms with Gasteiger partial charge in [-0.15, -0.1) is 0 Å². The Morgan fingerprint density at radius 2 is 1.88 bits per heavy atom. The van der Waals surface area contributed by atoms with Crippen LogP contribution in [-0.4, -0.2) is 45.6 Å². The van der Waals surface area contributed by atoms with Crippen molar-refractivity contribution in [3.63, 3.8) is 0 Å². The summed E-state index contributed by atoms with van der Waals surface area (Å²) in [6.07, 6.45) is -0.127. The van der Waals surface area contributed by atoms with Gasteiger partial charge in [0.15, 0.2) is 10.8 Å². The molecule has 172 valence electrons. The van der Waals surface area contributed by atoms with E-state index in [1.165, 1.54) is 18.2 Å². The number of aliphatic imine (C=N–C) groups is 1. The van der Waals surface area contributed by atoms with Crippen molar-refractivity contribution >= 4 is 34.2 Å². The molecule has 10 nitrogen and oxygen atoms in total. The third kappa shape index (κ3) is 4.04. The smallest absolute Gasteiger partial charge is 0.270 e. The summed E-state index contributed by atoms with van der Waals surface area (Å²) in [7, 11) is 0. The number of nitro groups is 2. The summed E-state index contributed by atoms with van der Waals surface area (Å²) in [4.78, 5) is 37.8. The molecule has 0 spiro atoms. The Morgan fingerprint density at radius 3 is 2.61 bits per heavy atom. The molecule has 1 amide bonds. The summed E-state index contributed by atoms with van der Waals surface area (Å²) in [5.41, 5.74) is -5.16. The van der Waals surface area contributed by atoms with Crippen molar-refractivity contribution in [3.8, 4) is 0 Å². The number of nitro benzene ring substituents is 2. The first-order chi connectivity index (χ1) is 15.6. The van der Waals surface area contributed by atoms with Crippen LogP contribution in [0.2, 0.25) is 0 Å². The minimum atomic E-state index is -2.09. The highest BCUT2D eigenvalue weighted by Gasteiger charge is 2.59. The average Bonchev–Trinajstić information content (AvgIpc) is 2.79. The molecule has 0 bridgehead atoms. The number of nitrogens with one attached hydrogen (secondary N) is 1.